The third-order valence-electron chi connectivity index (χ3n) is 6.41. The average Bonchev–Trinajstić information content (AvgIpc) is 3.51. The maximum absolute atomic E-state index is 13.2. The van der Waals surface area contributed by atoms with Crippen LogP contribution in [0.15, 0.2) is 0 Å². The van der Waals surface area contributed by atoms with Crippen molar-refractivity contribution in [3.63, 3.8) is 0 Å². The minimum absolute atomic E-state index is 0.360. The monoisotopic (exact) mass is 666 g/mol. The molecule has 0 aromatic carbocycles. The van der Waals surface area contributed by atoms with Gasteiger partial charge in [0, 0.05) is 0 Å². The molecule has 0 aliphatic carbocycles. The molecule has 4 aliphatic rings. The van der Waals surface area contributed by atoms with E-state index in [4.69, 9.17) is 22.4 Å². The van der Waals surface area contributed by atoms with Crippen molar-refractivity contribution in [3.05, 3.63) is 0 Å². The van der Waals surface area contributed by atoms with Crippen LogP contribution in [0.1, 0.15) is 25.7 Å². The Morgan fingerprint density at radius 3 is 0.974 bits per heavy atom. The van der Waals surface area contributed by atoms with Crippen molar-refractivity contribution >= 4 is 86.1 Å². The van der Waals surface area contributed by atoms with Crippen LogP contribution in [-0.2, 0) is 41.6 Å². The van der Waals surface area contributed by atoms with E-state index in [-0.39, 0.29) is 0 Å². The van der Waals surface area contributed by atoms with Gasteiger partial charge in [0.05, 0.1) is 0 Å². The standard InChI is InChI=1S/C20H36N4O9P2S4/c1-36-9-5-13-17(25)29-34(21-13,22-14(6-10-37-2)18(26)30-34)33-35(23-15(7-11-38-3)19(27)31-35)24-16(8-12-39-4)20(28)32-35/h13-16,21-24H,5-12H2,1-4H3. The van der Waals surface area contributed by atoms with E-state index in [1.54, 1.807) is 0 Å². The van der Waals surface area contributed by atoms with Crippen LogP contribution in [0.25, 0.3) is 0 Å². The number of nitrogens with one attached hydrogen (secondary N) is 4. The summed E-state index contributed by atoms with van der Waals surface area (Å²) in [6.45, 7) is 0. The second-order valence-corrected chi connectivity index (χ2v) is 19.2. The summed E-state index contributed by atoms with van der Waals surface area (Å²) in [6.07, 6.45) is 9.05. The quantitative estimate of drug-likeness (QED) is 0.200. The molecule has 13 nitrogen and oxygen atoms in total. The molecule has 4 fully saturated rings. The summed E-state index contributed by atoms with van der Waals surface area (Å²) in [7, 11) is -10.3. The van der Waals surface area contributed by atoms with Gasteiger partial charge in [0.1, 0.15) is 0 Å². The van der Waals surface area contributed by atoms with Crippen LogP contribution in [0.3, 0.4) is 0 Å². The van der Waals surface area contributed by atoms with Crippen molar-refractivity contribution in [2.75, 3.05) is 48.0 Å². The molecule has 0 aromatic heterocycles. The second kappa shape index (κ2) is 12.3. The van der Waals surface area contributed by atoms with Crippen molar-refractivity contribution < 1.29 is 41.6 Å². The number of thioether (sulfide) groups is 4. The molecule has 4 heterocycles. The molecule has 39 heavy (non-hydrogen) atoms. The molecule has 4 rings (SSSR count). The fourth-order valence-electron chi connectivity index (χ4n) is 4.62. The van der Waals surface area contributed by atoms with Crippen molar-refractivity contribution in [1.82, 2.24) is 20.3 Å². The molecule has 4 unspecified atom stereocenters. The summed E-state index contributed by atoms with van der Waals surface area (Å²) in [6, 6.07) is -3.48. The molecule has 4 atom stereocenters. The van der Waals surface area contributed by atoms with E-state index >= 15 is 0 Å². The Balaban J connectivity index is 1.77. The Kier molecular flexibility index (Phi) is 10.0. The summed E-state index contributed by atoms with van der Waals surface area (Å²) >= 11 is 6.14. The van der Waals surface area contributed by atoms with Crippen LogP contribution < -0.4 is 20.3 Å². The Bertz CT molecular complexity index is 866. The first-order valence-electron chi connectivity index (χ1n) is 12.4. The Hall–Kier alpha value is -0.0600. The van der Waals surface area contributed by atoms with Gasteiger partial charge in [-0.25, -0.2) is 0 Å². The average molecular weight is 667 g/mol. The van der Waals surface area contributed by atoms with Gasteiger partial charge in [0.2, 0.25) is 0 Å². The minimum atomic E-state index is -5.13. The van der Waals surface area contributed by atoms with E-state index in [0.717, 1.165) is 0 Å². The molecule has 19 heteroatoms. The van der Waals surface area contributed by atoms with Gasteiger partial charge in [-0.05, 0) is 0 Å². The SMILES string of the molecule is CSCCC1NP2(OP34(NC(CCSC)C(=O)O3)NC(CCSC)C(=O)O4)(NC(CCSC)C(=O)O2)OC1=O. The van der Waals surface area contributed by atoms with Gasteiger partial charge < -0.3 is 0 Å². The van der Waals surface area contributed by atoms with Gasteiger partial charge in [0.15, 0.2) is 0 Å². The number of carbonyl (C=O) groups excluding carboxylic acids is 4. The number of hydrogen-bond donors (Lipinski definition) is 4. The molecular formula is C20H36N4O9P2S4. The van der Waals surface area contributed by atoms with E-state index in [1.807, 2.05) is 25.0 Å². The van der Waals surface area contributed by atoms with Crippen molar-refractivity contribution in [2.24, 2.45) is 0 Å². The predicted molar refractivity (Wildman–Crippen MR) is 159 cm³/mol. The van der Waals surface area contributed by atoms with Crippen LogP contribution in [0.5, 0.6) is 0 Å². The summed E-state index contributed by atoms with van der Waals surface area (Å²) in [5.74, 6) is -0.282. The van der Waals surface area contributed by atoms with E-state index in [9.17, 15) is 19.2 Å². The number of carbonyl (C=O) groups is 4. The Labute approximate surface area is 245 Å². The molecule has 4 N–H and O–H groups in total. The molecule has 0 radical (unpaired) electrons. The van der Waals surface area contributed by atoms with Gasteiger partial charge in [-0.2, -0.15) is 0 Å². The first-order chi connectivity index (χ1) is 18.5. The molecule has 0 saturated carbocycles. The van der Waals surface area contributed by atoms with E-state index in [2.05, 4.69) is 20.3 Å². The van der Waals surface area contributed by atoms with Gasteiger partial charge in [0.25, 0.3) is 0 Å². The van der Waals surface area contributed by atoms with Crippen LogP contribution in [0.2, 0.25) is 0 Å². The molecule has 0 aromatic rings. The zero-order chi connectivity index (χ0) is 28.4. The van der Waals surface area contributed by atoms with Crippen molar-refractivity contribution in [3.8, 4) is 0 Å². The fraction of sp³-hybridized carbons (Fsp3) is 0.800. The first kappa shape index (κ1) is 31.9. The Morgan fingerprint density at radius 2 is 0.769 bits per heavy atom. The topological polar surface area (TPSA) is 163 Å². The molecular weight excluding hydrogens is 630 g/mol. The fourth-order valence-corrected chi connectivity index (χ4v) is 15.5. The third kappa shape index (κ3) is 6.34. The number of rotatable bonds is 14. The van der Waals surface area contributed by atoms with E-state index < -0.39 is 63.2 Å². The normalized spacial score (nSPS) is 33.6. The molecule has 0 amide bonds. The second-order valence-electron chi connectivity index (χ2n) is 9.34. The van der Waals surface area contributed by atoms with Crippen LogP contribution in [0, 0.1) is 0 Å². The number of hydrogen-bond acceptors (Lipinski definition) is 17. The van der Waals surface area contributed by atoms with Gasteiger partial charge in [-0.15, -0.1) is 0 Å². The Morgan fingerprint density at radius 1 is 0.538 bits per heavy atom. The van der Waals surface area contributed by atoms with Crippen LogP contribution in [-0.4, -0.2) is 96.1 Å². The van der Waals surface area contributed by atoms with Gasteiger partial charge in [-0.3, -0.25) is 0 Å². The van der Waals surface area contributed by atoms with Crippen molar-refractivity contribution in [2.45, 2.75) is 49.9 Å². The first-order valence-corrected chi connectivity index (χ1v) is 21.9. The van der Waals surface area contributed by atoms with Crippen LogP contribution >= 0.6 is 62.2 Å². The van der Waals surface area contributed by atoms with Gasteiger partial charge in [-0.1, -0.05) is 0 Å². The van der Waals surface area contributed by atoms with Crippen LogP contribution in [0.4, 0.5) is 0 Å². The summed E-state index contributed by atoms with van der Waals surface area (Å²) in [4.78, 5) is 52.7. The third-order valence-corrected chi connectivity index (χ3v) is 16.4. The summed E-state index contributed by atoms with van der Waals surface area (Å²) in [5, 5.41) is 12.2. The molecule has 0 bridgehead atoms. The predicted octanol–water partition coefficient (Wildman–Crippen LogP) is 2.33. The summed E-state index contributed by atoms with van der Waals surface area (Å²) < 4.78 is 30.1. The van der Waals surface area contributed by atoms with E-state index in [0.29, 0.717) is 48.7 Å². The maximum atomic E-state index is 13.2. The zero-order valence-electron chi connectivity index (χ0n) is 22.2. The van der Waals surface area contributed by atoms with Gasteiger partial charge >= 0.3 is 246 Å². The summed E-state index contributed by atoms with van der Waals surface area (Å²) in [5.41, 5.74) is 0. The van der Waals surface area contributed by atoms with E-state index in [1.165, 1.54) is 47.0 Å². The van der Waals surface area contributed by atoms with Crippen molar-refractivity contribution in [1.29, 1.82) is 0 Å². The molecule has 4 aliphatic heterocycles. The molecule has 2 spiro atoms. The zero-order valence-corrected chi connectivity index (χ0v) is 27.2. The molecule has 224 valence electrons. The molecule has 4 saturated heterocycles.